The highest BCUT2D eigenvalue weighted by Gasteiger charge is 2.37. The number of nitrogens with two attached hydrogens (primary N) is 1. The van der Waals surface area contributed by atoms with Crippen molar-refractivity contribution in [3.63, 3.8) is 0 Å². The molecule has 1 saturated heterocycles. The molecule has 1 saturated carbocycles. The van der Waals surface area contributed by atoms with E-state index < -0.39 is 11.8 Å². The van der Waals surface area contributed by atoms with Crippen LogP contribution >= 0.6 is 0 Å². The molecule has 0 spiro atoms. The van der Waals surface area contributed by atoms with E-state index in [1.54, 1.807) is 24.8 Å². The molecule has 0 aromatic heterocycles. The van der Waals surface area contributed by atoms with E-state index in [1.807, 2.05) is 0 Å². The lowest BCUT2D eigenvalue weighted by atomic mass is 9.76. The molecule has 2 fully saturated rings. The minimum absolute atomic E-state index is 0.234. The summed E-state index contributed by atoms with van der Waals surface area (Å²) in [6, 6.07) is 0.234. The lowest BCUT2D eigenvalue weighted by Crippen LogP contribution is -2.53. The van der Waals surface area contributed by atoms with Gasteiger partial charge in [-0.25, -0.2) is 4.99 Å². The summed E-state index contributed by atoms with van der Waals surface area (Å²) in [5.74, 6) is -0.123. The van der Waals surface area contributed by atoms with Crippen molar-refractivity contribution < 1.29 is 9.59 Å². The lowest BCUT2D eigenvalue weighted by molar-refractivity contribution is -0.149. The van der Waals surface area contributed by atoms with Gasteiger partial charge in [0.2, 0.25) is 0 Å². The van der Waals surface area contributed by atoms with Crippen molar-refractivity contribution in [3.05, 3.63) is 23.2 Å². The molecule has 6 nitrogen and oxygen atoms in total. The van der Waals surface area contributed by atoms with Crippen LogP contribution in [0, 0.1) is 5.92 Å². The average molecular weight is 332 g/mol. The minimum Gasteiger partial charge on any atom is -0.384 e. The van der Waals surface area contributed by atoms with Crippen LogP contribution in [-0.2, 0) is 9.59 Å². The Morgan fingerprint density at radius 3 is 2.50 bits per heavy atom. The second kappa shape index (κ2) is 8.13. The van der Waals surface area contributed by atoms with Crippen LogP contribution in [0.15, 0.2) is 28.2 Å². The number of carbonyl (C=O) groups excluding carboxylic acids is 2. The van der Waals surface area contributed by atoms with Gasteiger partial charge in [0.15, 0.2) is 0 Å². The summed E-state index contributed by atoms with van der Waals surface area (Å²) in [7, 11) is 0. The Bertz CT molecular complexity index is 576. The van der Waals surface area contributed by atoms with Crippen molar-refractivity contribution in [1.82, 2.24) is 10.2 Å². The normalized spacial score (nSPS) is 23.2. The predicted molar refractivity (Wildman–Crippen MR) is 95.0 cm³/mol. The Hall–Kier alpha value is -2.11. The van der Waals surface area contributed by atoms with Crippen LogP contribution in [0.5, 0.6) is 0 Å². The number of carbonyl (C=O) groups is 2. The highest BCUT2D eigenvalue weighted by atomic mass is 16.2. The maximum absolute atomic E-state index is 12.6. The summed E-state index contributed by atoms with van der Waals surface area (Å²) < 4.78 is 0. The van der Waals surface area contributed by atoms with Gasteiger partial charge in [-0.2, -0.15) is 0 Å². The quantitative estimate of drug-likeness (QED) is 0.469. The molecule has 1 heterocycles. The van der Waals surface area contributed by atoms with Gasteiger partial charge in [-0.15, -0.1) is 0 Å². The van der Waals surface area contributed by atoms with E-state index in [0.717, 1.165) is 19.3 Å². The first-order chi connectivity index (χ1) is 11.4. The van der Waals surface area contributed by atoms with Crippen LogP contribution in [-0.4, -0.2) is 36.0 Å². The van der Waals surface area contributed by atoms with Crippen molar-refractivity contribution >= 4 is 18.5 Å². The number of likely N-dealkylation sites (tertiary alicyclic amines) is 1. The number of piperidine rings is 1. The van der Waals surface area contributed by atoms with Crippen molar-refractivity contribution in [2.24, 2.45) is 16.6 Å². The van der Waals surface area contributed by atoms with E-state index in [1.165, 1.54) is 19.3 Å². The van der Waals surface area contributed by atoms with Gasteiger partial charge in [0.25, 0.3) is 0 Å². The molecule has 0 aromatic carbocycles. The molecule has 132 valence electrons. The molecule has 2 aliphatic rings. The summed E-state index contributed by atoms with van der Waals surface area (Å²) in [6.07, 6.45) is 8.40. The zero-order valence-electron chi connectivity index (χ0n) is 14.7. The summed E-state index contributed by atoms with van der Waals surface area (Å²) in [5.41, 5.74) is 6.92. The third-order valence-electron chi connectivity index (χ3n) is 5.02. The van der Waals surface area contributed by atoms with E-state index in [0.29, 0.717) is 29.6 Å². The molecule has 1 atom stereocenters. The van der Waals surface area contributed by atoms with E-state index in [4.69, 9.17) is 5.73 Å². The van der Waals surface area contributed by atoms with Gasteiger partial charge in [0.1, 0.15) is 5.82 Å². The Morgan fingerprint density at radius 1 is 1.21 bits per heavy atom. The first-order valence-corrected chi connectivity index (χ1v) is 8.67. The van der Waals surface area contributed by atoms with Crippen LogP contribution < -0.4 is 11.1 Å². The molecular weight excluding hydrogens is 304 g/mol. The van der Waals surface area contributed by atoms with Crippen LogP contribution in [0.25, 0.3) is 0 Å². The molecule has 2 amide bonds. The van der Waals surface area contributed by atoms with Crippen LogP contribution in [0.2, 0.25) is 0 Å². The highest BCUT2D eigenvalue weighted by Crippen LogP contribution is 2.36. The van der Waals surface area contributed by atoms with E-state index in [2.05, 4.69) is 17.0 Å². The number of amides is 2. The number of nitrogens with zero attached hydrogens (tertiary/aromatic N) is 2. The first kappa shape index (κ1) is 18.2. The van der Waals surface area contributed by atoms with Crippen LogP contribution in [0.4, 0.5) is 0 Å². The Morgan fingerprint density at radius 2 is 1.92 bits per heavy atom. The fourth-order valence-electron chi connectivity index (χ4n) is 3.45. The summed E-state index contributed by atoms with van der Waals surface area (Å²) >= 11 is 0. The second-order valence-electron chi connectivity index (χ2n) is 6.76. The SMILES string of the molecule is C=N/C(N)=C(C)\C=C(/C)NC(=O)C(=O)N1CCCC[C@H]1C1CCC1. The number of rotatable bonds is 4. The fraction of sp³-hybridized carbons (Fsp3) is 0.611. The van der Waals surface area contributed by atoms with Gasteiger partial charge in [0.05, 0.1) is 0 Å². The van der Waals surface area contributed by atoms with Crippen molar-refractivity contribution in [2.75, 3.05) is 6.54 Å². The molecule has 2 rings (SSSR count). The van der Waals surface area contributed by atoms with E-state index >= 15 is 0 Å². The van der Waals surface area contributed by atoms with E-state index in [9.17, 15) is 9.59 Å². The number of nitrogens with one attached hydrogen (secondary N) is 1. The van der Waals surface area contributed by atoms with Gasteiger partial charge >= 0.3 is 11.8 Å². The van der Waals surface area contributed by atoms with E-state index in [-0.39, 0.29) is 6.04 Å². The minimum atomic E-state index is -0.576. The molecule has 1 aliphatic heterocycles. The third kappa shape index (κ3) is 4.24. The first-order valence-electron chi connectivity index (χ1n) is 8.67. The van der Waals surface area contributed by atoms with Crippen molar-refractivity contribution in [3.8, 4) is 0 Å². The van der Waals surface area contributed by atoms with Crippen molar-refractivity contribution in [2.45, 2.75) is 58.4 Å². The Labute approximate surface area is 143 Å². The largest absolute Gasteiger partial charge is 0.384 e. The van der Waals surface area contributed by atoms with Gasteiger partial charge < -0.3 is 16.0 Å². The van der Waals surface area contributed by atoms with Gasteiger partial charge in [-0.05, 0) is 70.2 Å². The molecule has 24 heavy (non-hydrogen) atoms. The Balaban J connectivity index is 2.01. The predicted octanol–water partition coefficient (Wildman–Crippen LogP) is 2.08. The molecule has 1 aliphatic carbocycles. The topological polar surface area (TPSA) is 87.8 Å². The zero-order chi connectivity index (χ0) is 17.7. The maximum Gasteiger partial charge on any atom is 0.313 e. The third-order valence-corrected chi connectivity index (χ3v) is 5.02. The zero-order valence-corrected chi connectivity index (χ0v) is 14.7. The molecule has 0 radical (unpaired) electrons. The van der Waals surface area contributed by atoms with Gasteiger partial charge in [0, 0.05) is 18.3 Å². The fourth-order valence-corrected chi connectivity index (χ4v) is 3.45. The second-order valence-corrected chi connectivity index (χ2v) is 6.76. The Kier molecular flexibility index (Phi) is 6.17. The molecular formula is C18H28N4O2. The molecule has 0 bridgehead atoms. The number of aliphatic imine (C=N–C) groups is 1. The monoisotopic (exact) mass is 332 g/mol. The maximum atomic E-state index is 12.6. The van der Waals surface area contributed by atoms with Gasteiger partial charge in [-0.1, -0.05) is 6.42 Å². The number of hydrogen-bond acceptors (Lipinski definition) is 4. The average Bonchev–Trinajstić information content (AvgIpc) is 2.52. The molecule has 6 heteroatoms. The number of allylic oxidation sites excluding steroid dienone is 3. The molecule has 0 aromatic rings. The van der Waals surface area contributed by atoms with Crippen LogP contribution in [0.3, 0.4) is 0 Å². The number of hydrogen-bond donors (Lipinski definition) is 2. The standard InChI is InChI=1S/C18H28N4O2/c1-12(16(19)20-3)11-13(2)21-17(23)18(24)22-10-5-4-9-15(22)14-7-6-8-14/h11,14-15H,3-10,19H2,1-2H3,(H,21,23)/b13-11+,16-12-/t15-/m0/s1. The van der Waals surface area contributed by atoms with Crippen LogP contribution in [0.1, 0.15) is 52.4 Å². The summed E-state index contributed by atoms with van der Waals surface area (Å²) in [4.78, 5) is 30.3. The van der Waals surface area contributed by atoms with Gasteiger partial charge in [-0.3, -0.25) is 9.59 Å². The molecule has 3 N–H and O–H groups in total. The highest BCUT2D eigenvalue weighted by molar-refractivity contribution is 6.35. The summed E-state index contributed by atoms with van der Waals surface area (Å²) in [6.45, 7) is 7.55. The summed E-state index contributed by atoms with van der Waals surface area (Å²) in [5, 5.41) is 2.66. The van der Waals surface area contributed by atoms with Crippen molar-refractivity contribution in [1.29, 1.82) is 0 Å². The smallest absolute Gasteiger partial charge is 0.313 e. The lowest BCUT2D eigenvalue weighted by Gasteiger charge is -2.43. The molecule has 0 unspecified atom stereocenters.